The molecular formula is C8H9ClO4S. The molecule has 0 atom stereocenters. The van der Waals surface area contributed by atoms with Crippen LogP contribution in [0, 0.1) is 0 Å². The molecule has 1 aromatic carbocycles. The van der Waals surface area contributed by atoms with E-state index in [4.69, 9.17) is 20.9 Å². The van der Waals surface area contributed by atoms with Crippen molar-refractivity contribution in [2.75, 3.05) is 0 Å². The second kappa shape index (κ2) is 4.27. The predicted octanol–water partition coefficient (Wildman–Crippen LogP) is 0.599. The van der Waals surface area contributed by atoms with Crippen LogP contribution < -0.4 is 0 Å². The molecule has 0 saturated carbocycles. The van der Waals surface area contributed by atoms with Crippen LogP contribution in [0.3, 0.4) is 0 Å². The molecule has 0 aliphatic carbocycles. The Hall–Kier alpha value is -0.620. The third-order valence-corrected chi connectivity index (χ3v) is 3.15. The van der Waals surface area contributed by atoms with Crippen molar-refractivity contribution in [3.8, 4) is 0 Å². The van der Waals surface area contributed by atoms with Crippen LogP contribution in [0.1, 0.15) is 11.1 Å². The first-order chi connectivity index (χ1) is 6.49. The van der Waals surface area contributed by atoms with E-state index in [0.717, 1.165) is 0 Å². The number of benzene rings is 1. The molecule has 0 fully saturated rings. The summed E-state index contributed by atoms with van der Waals surface area (Å²) in [6.07, 6.45) is 0. The average Bonchev–Trinajstić information content (AvgIpc) is 2.15. The molecule has 2 N–H and O–H groups in total. The van der Waals surface area contributed by atoms with Gasteiger partial charge in [-0.3, -0.25) is 0 Å². The average molecular weight is 237 g/mol. The van der Waals surface area contributed by atoms with Crippen LogP contribution in [-0.4, -0.2) is 18.6 Å². The van der Waals surface area contributed by atoms with E-state index in [0.29, 0.717) is 11.1 Å². The van der Waals surface area contributed by atoms with Crippen molar-refractivity contribution >= 4 is 19.7 Å². The van der Waals surface area contributed by atoms with Crippen molar-refractivity contribution in [1.29, 1.82) is 0 Å². The number of aliphatic hydroxyl groups excluding tert-OH is 2. The topological polar surface area (TPSA) is 74.6 Å². The number of hydrogen-bond donors (Lipinski definition) is 2. The van der Waals surface area contributed by atoms with Crippen LogP contribution in [0.2, 0.25) is 0 Å². The van der Waals surface area contributed by atoms with Crippen molar-refractivity contribution in [2.24, 2.45) is 0 Å². The Balaban J connectivity index is 3.28. The summed E-state index contributed by atoms with van der Waals surface area (Å²) in [4.78, 5) is -0.0829. The first kappa shape index (κ1) is 11.5. The van der Waals surface area contributed by atoms with Crippen LogP contribution in [0.15, 0.2) is 23.1 Å². The van der Waals surface area contributed by atoms with E-state index in [9.17, 15) is 8.42 Å². The minimum Gasteiger partial charge on any atom is -0.392 e. The highest BCUT2D eigenvalue weighted by Crippen LogP contribution is 2.19. The molecule has 14 heavy (non-hydrogen) atoms. The van der Waals surface area contributed by atoms with Crippen LogP contribution in [-0.2, 0) is 22.3 Å². The van der Waals surface area contributed by atoms with Crippen molar-refractivity contribution in [1.82, 2.24) is 0 Å². The maximum absolute atomic E-state index is 10.9. The lowest BCUT2D eigenvalue weighted by Crippen LogP contribution is -1.98. The molecule has 0 amide bonds. The Bertz CT molecular complexity index is 427. The van der Waals surface area contributed by atoms with E-state index in [1.165, 1.54) is 18.2 Å². The first-order valence-electron chi connectivity index (χ1n) is 3.77. The standard InChI is InChI=1S/C8H9ClO4S/c9-14(12,13)8-2-1-6(4-10)7(3-8)5-11/h1-3,10-11H,4-5H2. The van der Waals surface area contributed by atoms with Crippen molar-refractivity contribution in [3.63, 3.8) is 0 Å². The van der Waals surface area contributed by atoms with E-state index in [-0.39, 0.29) is 18.1 Å². The molecule has 6 heteroatoms. The van der Waals surface area contributed by atoms with Gasteiger partial charge < -0.3 is 10.2 Å². The number of halogens is 1. The van der Waals surface area contributed by atoms with Gasteiger partial charge in [-0.25, -0.2) is 8.42 Å². The summed E-state index contributed by atoms with van der Waals surface area (Å²) in [6, 6.07) is 3.95. The molecule has 0 heterocycles. The smallest absolute Gasteiger partial charge is 0.261 e. The quantitative estimate of drug-likeness (QED) is 0.754. The zero-order chi connectivity index (χ0) is 10.8. The van der Waals surface area contributed by atoms with Gasteiger partial charge in [0.05, 0.1) is 18.1 Å². The molecule has 0 aliphatic heterocycles. The Morgan fingerprint density at radius 3 is 2.14 bits per heavy atom. The van der Waals surface area contributed by atoms with Gasteiger partial charge in [-0.15, -0.1) is 0 Å². The number of aliphatic hydroxyl groups is 2. The van der Waals surface area contributed by atoms with E-state index in [2.05, 4.69) is 0 Å². The molecule has 4 nitrogen and oxygen atoms in total. The third kappa shape index (κ3) is 2.45. The van der Waals surface area contributed by atoms with Crippen LogP contribution >= 0.6 is 10.7 Å². The maximum Gasteiger partial charge on any atom is 0.261 e. The van der Waals surface area contributed by atoms with Crippen molar-refractivity contribution in [3.05, 3.63) is 29.3 Å². The molecule has 0 aromatic heterocycles. The van der Waals surface area contributed by atoms with Gasteiger partial charge in [-0.05, 0) is 23.3 Å². The first-order valence-corrected chi connectivity index (χ1v) is 6.08. The van der Waals surface area contributed by atoms with Crippen LogP contribution in [0.4, 0.5) is 0 Å². The minimum absolute atomic E-state index is 0.0829. The maximum atomic E-state index is 10.9. The van der Waals surface area contributed by atoms with Gasteiger partial charge in [-0.2, -0.15) is 0 Å². The lowest BCUT2D eigenvalue weighted by molar-refractivity contribution is 0.259. The van der Waals surface area contributed by atoms with Gasteiger partial charge in [0.2, 0.25) is 0 Å². The Kier molecular flexibility index (Phi) is 3.49. The monoisotopic (exact) mass is 236 g/mol. The molecule has 0 saturated heterocycles. The Labute approximate surface area is 86.2 Å². The fourth-order valence-electron chi connectivity index (χ4n) is 1.06. The highest BCUT2D eigenvalue weighted by molar-refractivity contribution is 8.13. The fourth-order valence-corrected chi connectivity index (χ4v) is 1.86. The molecule has 78 valence electrons. The zero-order valence-electron chi connectivity index (χ0n) is 7.14. The molecule has 1 aromatic rings. The second-order valence-corrected chi connectivity index (χ2v) is 5.25. The molecule has 0 radical (unpaired) electrons. The summed E-state index contributed by atoms with van der Waals surface area (Å²) >= 11 is 0. The summed E-state index contributed by atoms with van der Waals surface area (Å²) in [5, 5.41) is 17.7. The molecule has 0 bridgehead atoms. The second-order valence-electron chi connectivity index (χ2n) is 2.68. The zero-order valence-corrected chi connectivity index (χ0v) is 8.72. The van der Waals surface area contributed by atoms with Gasteiger partial charge in [0, 0.05) is 10.7 Å². The highest BCUT2D eigenvalue weighted by Gasteiger charge is 2.12. The van der Waals surface area contributed by atoms with E-state index >= 15 is 0 Å². The normalized spacial score (nSPS) is 11.6. The highest BCUT2D eigenvalue weighted by atomic mass is 35.7. The van der Waals surface area contributed by atoms with E-state index in [1.807, 2.05) is 0 Å². The summed E-state index contributed by atoms with van der Waals surface area (Å²) in [5.74, 6) is 0. The Morgan fingerprint density at radius 1 is 1.14 bits per heavy atom. The molecular weight excluding hydrogens is 228 g/mol. The van der Waals surface area contributed by atoms with Gasteiger partial charge in [0.15, 0.2) is 0 Å². The van der Waals surface area contributed by atoms with E-state index < -0.39 is 9.05 Å². The van der Waals surface area contributed by atoms with Gasteiger partial charge >= 0.3 is 0 Å². The van der Waals surface area contributed by atoms with Gasteiger partial charge in [0.1, 0.15) is 0 Å². The lowest BCUT2D eigenvalue weighted by atomic mass is 10.1. The number of rotatable bonds is 3. The van der Waals surface area contributed by atoms with Gasteiger partial charge in [0.25, 0.3) is 9.05 Å². The summed E-state index contributed by atoms with van der Waals surface area (Å²) in [5.41, 5.74) is 0.839. The number of hydrogen-bond acceptors (Lipinski definition) is 4. The summed E-state index contributed by atoms with van der Waals surface area (Å²) in [7, 11) is 1.33. The molecule has 0 aliphatic rings. The fraction of sp³-hybridized carbons (Fsp3) is 0.250. The molecule has 0 spiro atoms. The predicted molar refractivity (Wildman–Crippen MR) is 51.3 cm³/mol. The SMILES string of the molecule is O=S(=O)(Cl)c1ccc(CO)c(CO)c1. The summed E-state index contributed by atoms with van der Waals surface area (Å²) in [6.45, 7) is -0.589. The van der Waals surface area contributed by atoms with Crippen molar-refractivity contribution in [2.45, 2.75) is 18.1 Å². The van der Waals surface area contributed by atoms with Crippen LogP contribution in [0.5, 0.6) is 0 Å². The van der Waals surface area contributed by atoms with E-state index in [1.54, 1.807) is 0 Å². The summed E-state index contributed by atoms with van der Waals surface area (Å²) < 4.78 is 21.8. The Morgan fingerprint density at radius 2 is 1.71 bits per heavy atom. The largest absolute Gasteiger partial charge is 0.392 e. The van der Waals surface area contributed by atoms with Crippen molar-refractivity contribution < 1.29 is 18.6 Å². The third-order valence-electron chi connectivity index (χ3n) is 1.80. The minimum atomic E-state index is -3.78. The molecule has 1 rings (SSSR count). The van der Waals surface area contributed by atoms with Gasteiger partial charge in [-0.1, -0.05) is 6.07 Å². The lowest BCUT2D eigenvalue weighted by Gasteiger charge is -2.05. The molecule has 0 unspecified atom stereocenters. The van der Waals surface area contributed by atoms with Crippen LogP contribution in [0.25, 0.3) is 0 Å².